The number of thioether (sulfide) groups is 1. The molecule has 0 aromatic heterocycles. The number of rotatable bonds is 4. The van der Waals surface area contributed by atoms with Crippen molar-refractivity contribution in [2.75, 3.05) is 31.2 Å². The van der Waals surface area contributed by atoms with Gasteiger partial charge in [-0.2, -0.15) is 0 Å². The van der Waals surface area contributed by atoms with Crippen molar-refractivity contribution in [3.8, 4) is 0 Å². The van der Waals surface area contributed by atoms with Gasteiger partial charge in [0.15, 0.2) is 0 Å². The Morgan fingerprint density at radius 2 is 2.40 bits per heavy atom. The predicted molar refractivity (Wildman–Crippen MR) is 67.9 cm³/mol. The quantitative estimate of drug-likeness (QED) is 0.765. The molecular weight excluding hydrogens is 204 g/mol. The largest absolute Gasteiger partial charge is 0.383 e. The number of hydrogen-bond acceptors (Lipinski definition) is 3. The number of aryl methyl sites for hydroxylation is 1. The molecule has 3 heteroatoms. The Hall–Kier alpha value is -0.670. The van der Waals surface area contributed by atoms with Gasteiger partial charge in [0.25, 0.3) is 0 Å². The van der Waals surface area contributed by atoms with Gasteiger partial charge >= 0.3 is 0 Å². The molecule has 1 aliphatic heterocycles. The number of fused-ring (bicyclic) bond motifs is 1. The van der Waals surface area contributed by atoms with E-state index >= 15 is 0 Å². The summed E-state index contributed by atoms with van der Waals surface area (Å²) in [5, 5.41) is 6.61. The summed E-state index contributed by atoms with van der Waals surface area (Å²) in [4.78, 5) is 1.42. The molecule has 82 valence electrons. The van der Waals surface area contributed by atoms with Crippen LogP contribution in [0.5, 0.6) is 0 Å². The molecule has 0 fully saturated rings. The molecule has 0 spiro atoms. The lowest BCUT2D eigenvalue weighted by Crippen LogP contribution is -2.11. The molecule has 2 N–H and O–H groups in total. The topological polar surface area (TPSA) is 24.1 Å². The first-order valence-corrected chi connectivity index (χ1v) is 6.53. The van der Waals surface area contributed by atoms with E-state index < -0.39 is 0 Å². The second kappa shape index (κ2) is 5.42. The lowest BCUT2D eigenvalue weighted by Gasteiger charge is -2.18. The molecule has 15 heavy (non-hydrogen) atoms. The average molecular weight is 222 g/mol. The first-order valence-electron chi connectivity index (χ1n) is 5.54. The summed E-state index contributed by atoms with van der Waals surface area (Å²) in [6.45, 7) is 2.19. The molecule has 0 amide bonds. The van der Waals surface area contributed by atoms with Crippen molar-refractivity contribution < 1.29 is 0 Å². The van der Waals surface area contributed by atoms with Crippen molar-refractivity contribution in [3.63, 3.8) is 0 Å². The molecule has 2 nitrogen and oxygen atoms in total. The zero-order valence-corrected chi connectivity index (χ0v) is 9.99. The van der Waals surface area contributed by atoms with Gasteiger partial charge in [-0.15, -0.1) is 11.8 Å². The highest BCUT2D eigenvalue weighted by Crippen LogP contribution is 2.31. The van der Waals surface area contributed by atoms with Crippen molar-refractivity contribution >= 4 is 17.4 Å². The van der Waals surface area contributed by atoms with Gasteiger partial charge in [0.2, 0.25) is 0 Å². The molecule has 0 bridgehead atoms. The SMILES string of the molecule is CNCCCc1ccc2c(c1)SCCN2. The lowest BCUT2D eigenvalue weighted by molar-refractivity contribution is 0.724. The van der Waals surface area contributed by atoms with Gasteiger partial charge < -0.3 is 10.6 Å². The Morgan fingerprint density at radius 3 is 3.27 bits per heavy atom. The summed E-state index contributed by atoms with van der Waals surface area (Å²) in [6, 6.07) is 6.80. The van der Waals surface area contributed by atoms with Gasteiger partial charge in [-0.05, 0) is 44.1 Å². The molecule has 1 aliphatic rings. The van der Waals surface area contributed by atoms with Crippen molar-refractivity contribution in [1.82, 2.24) is 5.32 Å². The highest BCUT2D eigenvalue weighted by molar-refractivity contribution is 7.99. The third-order valence-corrected chi connectivity index (χ3v) is 3.67. The van der Waals surface area contributed by atoms with Gasteiger partial charge in [-0.3, -0.25) is 0 Å². The molecule has 0 unspecified atom stereocenters. The van der Waals surface area contributed by atoms with Crippen LogP contribution in [-0.2, 0) is 6.42 Å². The van der Waals surface area contributed by atoms with Crippen molar-refractivity contribution in [2.24, 2.45) is 0 Å². The number of anilines is 1. The van der Waals surface area contributed by atoms with Crippen LogP contribution in [0, 0.1) is 0 Å². The fraction of sp³-hybridized carbons (Fsp3) is 0.500. The Bertz CT molecular complexity index is 325. The van der Waals surface area contributed by atoms with Gasteiger partial charge in [-0.1, -0.05) is 6.07 Å². The van der Waals surface area contributed by atoms with E-state index in [0.717, 1.165) is 13.1 Å². The highest BCUT2D eigenvalue weighted by atomic mass is 32.2. The summed E-state index contributed by atoms with van der Waals surface area (Å²) >= 11 is 1.96. The molecule has 0 aliphatic carbocycles. The summed E-state index contributed by atoms with van der Waals surface area (Å²) in [6.07, 6.45) is 2.39. The Morgan fingerprint density at radius 1 is 1.47 bits per heavy atom. The average Bonchev–Trinajstić information content (AvgIpc) is 2.29. The van der Waals surface area contributed by atoms with Gasteiger partial charge in [0.05, 0.1) is 0 Å². The van der Waals surface area contributed by atoms with E-state index in [0.29, 0.717) is 0 Å². The molecule has 0 saturated carbocycles. The van der Waals surface area contributed by atoms with Crippen molar-refractivity contribution in [2.45, 2.75) is 17.7 Å². The van der Waals surface area contributed by atoms with Crippen LogP contribution >= 0.6 is 11.8 Å². The minimum atomic E-state index is 1.09. The van der Waals surface area contributed by atoms with Gasteiger partial charge in [-0.25, -0.2) is 0 Å². The second-order valence-electron chi connectivity index (χ2n) is 3.81. The molecule has 0 atom stereocenters. The number of benzene rings is 1. The lowest BCUT2D eigenvalue weighted by atomic mass is 10.1. The molecule has 0 saturated heterocycles. The maximum absolute atomic E-state index is 3.42. The van der Waals surface area contributed by atoms with Crippen LogP contribution in [0.4, 0.5) is 5.69 Å². The summed E-state index contributed by atoms with van der Waals surface area (Å²) in [5.41, 5.74) is 2.77. The Kier molecular flexibility index (Phi) is 3.92. The highest BCUT2D eigenvalue weighted by Gasteiger charge is 2.08. The van der Waals surface area contributed by atoms with Crippen molar-refractivity contribution in [3.05, 3.63) is 23.8 Å². The van der Waals surface area contributed by atoms with Crippen molar-refractivity contribution in [1.29, 1.82) is 0 Å². The minimum Gasteiger partial charge on any atom is -0.383 e. The van der Waals surface area contributed by atoms with E-state index in [1.54, 1.807) is 0 Å². The van der Waals surface area contributed by atoms with Crippen LogP contribution in [0.15, 0.2) is 23.1 Å². The third kappa shape index (κ3) is 2.89. The van der Waals surface area contributed by atoms with Crippen LogP contribution in [0.25, 0.3) is 0 Å². The van der Waals surface area contributed by atoms with E-state index in [1.165, 1.54) is 34.7 Å². The summed E-state index contributed by atoms with van der Waals surface area (Å²) in [5.74, 6) is 1.19. The van der Waals surface area contributed by atoms with Gasteiger partial charge in [0, 0.05) is 22.9 Å². The number of hydrogen-bond donors (Lipinski definition) is 2. The van der Waals surface area contributed by atoms with Gasteiger partial charge in [0.1, 0.15) is 0 Å². The second-order valence-corrected chi connectivity index (χ2v) is 4.95. The monoisotopic (exact) mass is 222 g/mol. The Labute approximate surface area is 95.8 Å². The molecule has 1 aromatic carbocycles. The number of nitrogens with one attached hydrogen (secondary N) is 2. The van der Waals surface area contributed by atoms with Crippen LogP contribution in [0.1, 0.15) is 12.0 Å². The van der Waals surface area contributed by atoms with E-state index in [-0.39, 0.29) is 0 Å². The van der Waals surface area contributed by atoms with Crippen LogP contribution in [0.3, 0.4) is 0 Å². The third-order valence-electron chi connectivity index (χ3n) is 2.61. The molecule has 1 aromatic rings. The minimum absolute atomic E-state index is 1.09. The smallest absolute Gasteiger partial charge is 0.0478 e. The molecule has 2 rings (SSSR count). The van der Waals surface area contributed by atoms with Crippen LogP contribution in [-0.4, -0.2) is 25.9 Å². The van der Waals surface area contributed by atoms with E-state index in [9.17, 15) is 0 Å². The predicted octanol–water partition coefficient (Wildman–Crippen LogP) is 2.36. The maximum Gasteiger partial charge on any atom is 0.0478 e. The van der Waals surface area contributed by atoms with E-state index in [2.05, 4.69) is 28.8 Å². The fourth-order valence-corrected chi connectivity index (χ4v) is 2.76. The zero-order valence-electron chi connectivity index (χ0n) is 9.18. The zero-order chi connectivity index (χ0) is 10.5. The first-order chi connectivity index (χ1) is 7.40. The first kappa shape index (κ1) is 10.8. The Balaban J connectivity index is 2.00. The molecular formula is C12H18N2S. The van der Waals surface area contributed by atoms with E-state index in [1.807, 2.05) is 18.8 Å². The summed E-state index contributed by atoms with van der Waals surface area (Å²) < 4.78 is 0. The standard InChI is InChI=1S/C12H18N2S/c1-13-6-2-3-10-4-5-11-12(9-10)15-8-7-14-11/h4-5,9,13-14H,2-3,6-8H2,1H3. The molecule has 0 radical (unpaired) electrons. The van der Waals surface area contributed by atoms with E-state index in [4.69, 9.17) is 0 Å². The van der Waals surface area contributed by atoms with Crippen LogP contribution in [0.2, 0.25) is 0 Å². The maximum atomic E-state index is 3.42. The van der Waals surface area contributed by atoms with Crippen LogP contribution < -0.4 is 10.6 Å². The fourth-order valence-electron chi connectivity index (χ4n) is 1.80. The summed E-state index contributed by atoms with van der Waals surface area (Å²) in [7, 11) is 2.01. The normalized spacial score (nSPS) is 14.5. The molecule has 1 heterocycles.